The first kappa shape index (κ1) is 15.0. The summed E-state index contributed by atoms with van der Waals surface area (Å²) in [6, 6.07) is 4.07. The van der Waals surface area contributed by atoms with Crippen LogP contribution in [0.1, 0.15) is 43.0 Å². The van der Waals surface area contributed by atoms with Gasteiger partial charge in [0.05, 0.1) is 5.56 Å². The summed E-state index contributed by atoms with van der Waals surface area (Å²) in [5.41, 5.74) is 1.05. The van der Waals surface area contributed by atoms with E-state index in [1.807, 2.05) is 7.05 Å². The molecule has 18 heavy (non-hydrogen) atoms. The van der Waals surface area contributed by atoms with E-state index in [1.165, 1.54) is 6.07 Å². The summed E-state index contributed by atoms with van der Waals surface area (Å²) in [4.78, 5) is 0. The number of aryl methyl sites for hydroxylation is 1. The second-order valence-corrected chi connectivity index (χ2v) is 4.72. The topological polar surface area (TPSA) is 12.0 Å². The predicted molar refractivity (Wildman–Crippen MR) is 67.4 cm³/mol. The van der Waals surface area contributed by atoms with Crippen LogP contribution in [0.4, 0.5) is 13.2 Å². The van der Waals surface area contributed by atoms with Gasteiger partial charge in [-0.3, -0.25) is 0 Å². The van der Waals surface area contributed by atoms with Gasteiger partial charge in [0.1, 0.15) is 0 Å². The van der Waals surface area contributed by atoms with Crippen molar-refractivity contribution >= 4 is 0 Å². The van der Waals surface area contributed by atoms with Crippen LogP contribution in [-0.2, 0) is 6.18 Å². The molecular formula is C14H20F3N. The van der Waals surface area contributed by atoms with Crippen LogP contribution in [-0.4, -0.2) is 7.05 Å². The van der Waals surface area contributed by atoms with E-state index in [0.717, 1.165) is 18.1 Å². The Hall–Kier alpha value is -1.03. The van der Waals surface area contributed by atoms with Crippen LogP contribution in [0.5, 0.6) is 0 Å². The van der Waals surface area contributed by atoms with E-state index in [-0.39, 0.29) is 6.04 Å². The molecule has 0 saturated heterocycles. The number of halogens is 3. The Balaban J connectivity index is 3.12. The van der Waals surface area contributed by atoms with E-state index < -0.39 is 11.7 Å². The van der Waals surface area contributed by atoms with Crippen molar-refractivity contribution in [1.82, 2.24) is 5.32 Å². The number of hydrogen-bond acceptors (Lipinski definition) is 1. The minimum Gasteiger partial charge on any atom is -0.313 e. The molecule has 4 heteroatoms. The van der Waals surface area contributed by atoms with Gasteiger partial charge in [-0.15, -0.1) is 0 Å². The van der Waals surface area contributed by atoms with Crippen LogP contribution in [0.2, 0.25) is 0 Å². The summed E-state index contributed by atoms with van der Waals surface area (Å²) in [6.45, 7) is 5.91. The van der Waals surface area contributed by atoms with Crippen molar-refractivity contribution in [3.63, 3.8) is 0 Å². The molecule has 0 spiro atoms. The molecule has 0 bridgehead atoms. The predicted octanol–water partition coefficient (Wildman–Crippen LogP) is 4.32. The van der Waals surface area contributed by atoms with Crippen molar-refractivity contribution in [3.05, 3.63) is 34.9 Å². The van der Waals surface area contributed by atoms with E-state index >= 15 is 0 Å². The highest BCUT2D eigenvalue weighted by Crippen LogP contribution is 2.33. The molecular weight excluding hydrogens is 239 g/mol. The SMILES string of the molecule is CCC(C)C(NC)c1ccc(C(F)(F)F)cc1C. The van der Waals surface area contributed by atoms with E-state index in [4.69, 9.17) is 0 Å². The third-order valence-corrected chi connectivity index (χ3v) is 3.46. The Morgan fingerprint density at radius 2 is 1.89 bits per heavy atom. The third-order valence-electron chi connectivity index (χ3n) is 3.46. The smallest absolute Gasteiger partial charge is 0.313 e. The highest BCUT2D eigenvalue weighted by Gasteiger charge is 2.31. The summed E-state index contributed by atoms with van der Waals surface area (Å²) in [6.07, 6.45) is -3.29. The molecule has 0 fully saturated rings. The normalized spacial score (nSPS) is 15.5. The monoisotopic (exact) mass is 259 g/mol. The highest BCUT2D eigenvalue weighted by molar-refractivity contribution is 5.35. The summed E-state index contributed by atoms with van der Waals surface area (Å²) in [5.74, 6) is 0.380. The molecule has 0 aromatic heterocycles. The zero-order chi connectivity index (χ0) is 13.9. The standard InChI is InChI=1S/C14H20F3N/c1-5-9(2)13(18-4)12-7-6-11(8-10(12)3)14(15,16)17/h6-9,13,18H,5H2,1-4H3. The maximum Gasteiger partial charge on any atom is 0.416 e. The Labute approximate surface area is 106 Å². The maximum absolute atomic E-state index is 12.6. The van der Waals surface area contributed by atoms with E-state index in [1.54, 1.807) is 13.0 Å². The lowest BCUT2D eigenvalue weighted by Crippen LogP contribution is -2.24. The fourth-order valence-electron chi connectivity index (χ4n) is 2.18. The Morgan fingerprint density at radius 1 is 1.28 bits per heavy atom. The van der Waals surface area contributed by atoms with Gasteiger partial charge in [-0.1, -0.05) is 26.3 Å². The average molecular weight is 259 g/mol. The van der Waals surface area contributed by atoms with Crippen molar-refractivity contribution in [2.75, 3.05) is 7.05 Å². The zero-order valence-corrected chi connectivity index (χ0v) is 11.2. The second kappa shape index (κ2) is 5.74. The maximum atomic E-state index is 12.6. The number of benzene rings is 1. The molecule has 102 valence electrons. The quantitative estimate of drug-likeness (QED) is 0.849. The molecule has 0 aliphatic carbocycles. The lowest BCUT2D eigenvalue weighted by Gasteiger charge is -2.25. The van der Waals surface area contributed by atoms with Gasteiger partial charge in [0.25, 0.3) is 0 Å². The number of hydrogen-bond donors (Lipinski definition) is 1. The first-order chi connectivity index (χ1) is 8.31. The number of rotatable bonds is 4. The van der Waals surface area contributed by atoms with Gasteiger partial charge in [-0.25, -0.2) is 0 Å². The van der Waals surface area contributed by atoms with E-state index in [9.17, 15) is 13.2 Å². The van der Waals surface area contributed by atoms with Gasteiger partial charge in [0.15, 0.2) is 0 Å². The van der Waals surface area contributed by atoms with Crippen LogP contribution in [0.3, 0.4) is 0 Å². The second-order valence-electron chi connectivity index (χ2n) is 4.72. The van der Waals surface area contributed by atoms with Crippen molar-refractivity contribution in [2.45, 2.75) is 39.4 Å². The van der Waals surface area contributed by atoms with Crippen molar-refractivity contribution < 1.29 is 13.2 Å². The van der Waals surface area contributed by atoms with Gasteiger partial charge < -0.3 is 5.32 Å². The van der Waals surface area contributed by atoms with Crippen molar-refractivity contribution in [3.8, 4) is 0 Å². The number of alkyl halides is 3. The molecule has 1 aromatic rings. The number of nitrogens with one attached hydrogen (secondary N) is 1. The molecule has 2 atom stereocenters. The van der Waals surface area contributed by atoms with Crippen LogP contribution in [0.15, 0.2) is 18.2 Å². The molecule has 0 radical (unpaired) electrons. The first-order valence-electron chi connectivity index (χ1n) is 6.16. The molecule has 1 aromatic carbocycles. The molecule has 0 saturated carbocycles. The fourth-order valence-corrected chi connectivity index (χ4v) is 2.18. The van der Waals surface area contributed by atoms with Gasteiger partial charge in [-0.2, -0.15) is 13.2 Å². The van der Waals surface area contributed by atoms with E-state index in [0.29, 0.717) is 11.5 Å². The molecule has 2 unspecified atom stereocenters. The minimum atomic E-state index is -4.27. The average Bonchev–Trinajstić information content (AvgIpc) is 2.30. The van der Waals surface area contributed by atoms with Crippen LogP contribution < -0.4 is 5.32 Å². The van der Waals surface area contributed by atoms with Crippen LogP contribution in [0.25, 0.3) is 0 Å². The molecule has 1 nitrogen and oxygen atoms in total. The van der Waals surface area contributed by atoms with Gasteiger partial charge in [0, 0.05) is 6.04 Å². The summed E-state index contributed by atoms with van der Waals surface area (Å²) < 4.78 is 37.8. The molecule has 0 aliphatic rings. The zero-order valence-electron chi connectivity index (χ0n) is 11.2. The Morgan fingerprint density at radius 3 is 2.28 bits per heavy atom. The summed E-state index contributed by atoms with van der Waals surface area (Å²) in [5, 5.41) is 3.19. The lowest BCUT2D eigenvalue weighted by molar-refractivity contribution is -0.137. The molecule has 1 rings (SSSR count). The molecule has 1 N–H and O–H groups in total. The molecule has 0 aliphatic heterocycles. The third kappa shape index (κ3) is 3.25. The van der Waals surface area contributed by atoms with Gasteiger partial charge in [-0.05, 0) is 43.1 Å². The Kier molecular flexibility index (Phi) is 4.79. The molecule has 0 heterocycles. The van der Waals surface area contributed by atoms with Crippen molar-refractivity contribution in [2.24, 2.45) is 5.92 Å². The lowest BCUT2D eigenvalue weighted by atomic mass is 9.89. The minimum absolute atomic E-state index is 0.0947. The largest absolute Gasteiger partial charge is 0.416 e. The van der Waals surface area contributed by atoms with Crippen molar-refractivity contribution in [1.29, 1.82) is 0 Å². The van der Waals surface area contributed by atoms with Gasteiger partial charge >= 0.3 is 6.18 Å². The first-order valence-corrected chi connectivity index (χ1v) is 6.16. The summed E-state index contributed by atoms with van der Waals surface area (Å²) in [7, 11) is 1.84. The van der Waals surface area contributed by atoms with Crippen LogP contribution >= 0.6 is 0 Å². The fraction of sp³-hybridized carbons (Fsp3) is 0.571. The van der Waals surface area contributed by atoms with Crippen LogP contribution in [0, 0.1) is 12.8 Å². The molecule has 0 amide bonds. The van der Waals surface area contributed by atoms with E-state index in [2.05, 4.69) is 19.2 Å². The van der Waals surface area contributed by atoms with Gasteiger partial charge in [0.2, 0.25) is 0 Å². The highest BCUT2D eigenvalue weighted by atomic mass is 19.4. The Bertz CT molecular complexity index is 399. The summed E-state index contributed by atoms with van der Waals surface area (Å²) >= 11 is 0.